The summed E-state index contributed by atoms with van der Waals surface area (Å²) in [6.07, 6.45) is 0. The molecule has 1 atom stereocenters. The van der Waals surface area contributed by atoms with Crippen LogP contribution in [0.1, 0.15) is 13.8 Å². The van der Waals surface area contributed by atoms with E-state index in [2.05, 4.69) is 21.2 Å². The zero-order valence-electron chi connectivity index (χ0n) is 10.8. The van der Waals surface area contributed by atoms with Crippen molar-refractivity contribution < 1.29 is 22.0 Å². The zero-order valence-corrected chi connectivity index (χ0v) is 13.2. The predicted octanol–water partition coefficient (Wildman–Crippen LogP) is 3.04. The van der Waals surface area contributed by atoms with E-state index in [9.17, 15) is 22.0 Å². The Kier molecular flexibility index (Phi) is 5.64. The summed E-state index contributed by atoms with van der Waals surface area (Å²) < 4.78 is 48.2. The van der Waals surface area contributed by atoms with Gasteiger partial charge in [-0.15, -0.1) is 0 Å². The van der Waals surface area contributed by atoms with E-state index < -0.39 is 31.2 Å². The first-order valence-electron chi connectivity index (χ1n) is 5.74. The smallest absolute Gasteiger partial charge is 0.324 e. The second kappa shape index (κ2) is 6.62. The molecule has 4 nitrogen and oxygen atoms in total. The third-order valence-corrected chi connectivity index (χ3v) is 5.43. The van der Waals surface area contributed by atoms with Gasteiger partial charge in [-0.25, -0.2) is 8.42 Å². The number of sulfone groups is 1. The molecular weight excluding hydrogens is 356 g/mol. The summed E-state index contributed by atoms with van der Waals surface area (Å²) >= 11 is 3.16. The highest BCUT2D eigenvalue weighted by atomic mass is 79.9. The third kappa shape index (κ3) is 3.76. The van der Waals surface area contributed by atoms with Crippen LogP contribution in [0.25, 0.3) is 0 Å². The molecule has 0 fully saturated rings. The molecule has 0 aliphatic rings. The molecule has 1 rings (SSSR count). The molecule has 0 saturated carbocycles. The maximum absolute atomic E-state index is 12.6. The summed E-state index contributed by atoms with van der Waals surface area (Å²) in [6, 6.07) is 5.08. The first-order chi connectivity index (χ1) is 9.17. The number of benzene rings is 1. The molecule has 8 heteroatoms. The number of para-hydroxylation sites is 1. The van der Waals surface area contributed by atoms with Crippen molar-refractivity contribution in [1.82, 2.24) is 0 Å². The summed E-state index contributed by atoms with van der Waals surface area (Å²) in [5.41, 5.74) is -0.150. The molecule has 0 radical (unpaired) electrons. The highest BCUT2D eigenvalue weighted by Crippen LogP contribution is 2.27. The Bertz CT molecular complexity index is 590. The standard InChI is InChI=1S/C12H14BrF2NO3S/c1-7(2)10(13)11(17)16-8-5-3-4-6-9(8)20(18,19)12(14)15/h3-7,10,12H,1-2H3,(H,16,17). The molecule has 0 aliphatic carbocycles. The van der Waals surface area contributed by atoms with Crippen molar-refractivity contribution in [2.24, 2.45) is 5.92 Å². The summed E-state index contributed by atoms with van der Waals surface area (Å²) in [4.78, 5) is 10.7. The Labute approximate surface area is 124 Å². The van der Waals surface area contributed by atoms with Crippen LogP contribution in [0.3, 0.4) is 0 Å². The fourth-order valence-electron chi connectivity index (χ4n) is 1.42. The van der Waals surface area contributed by atoms with Crippen LogP contribution in [0.5, 0.6) is 0 Å². The molecule has 0 aliphatic heterocycles. The van der Waals surface area contributed by atoms with Crippen molar-refractivity contribution in [3.63, 3.8) is 0 Å². The van der Waals surface area contributed by atoms with Crippen molar-refractivity contribution >= 4 is 37.4 Å². The van der Waals surface area contributed by atoms with Gasteiger partial charge in [0, 0.05) is 0 Å². The minimum absolute atomic E-state index is 0.0335. The van der Waals surface area contributed by atoms with Crippen LogP contribution in [0.4, 0.5) is 14.5 Å². The van der Waals surface area contributed by atoms with Crippen molar-refractivity contribution in [2.75, 3.05) is 5.32 Å². The number of carbonyl (C=O) groups is 1. The first-order valence-corrected chi connectivity index (χ1v) is 8.20. The number of alkyl halides is 3. The van der Waals surface area contributed by atoms with E-state index in [1.54, 1.807) is 13.8 Å². The van der Waals surface area contributed by atoms with Gasteiger partial charge in [0.05, 0.1) is 15.4 Å². The lowest BCUT2D eigenvalue weighted by atomic mass is 10.1. The molecule has 0 aromatic heterocycles. The molecule has 1 N–H and O–H groups in total. The molecule has 20 heavy (non-hydrogen) atoms. The number of hydrogen-bond acceptors (Lipinski definition) is 3. The number of rotatable bonds is 5. The average Bonchev–Trinajstić information content (AvgIpc) is 2.37. The zero-order chi connectivity index (χ0) is 15.5. The van der Waals surface area contributed by atoms with Gasteiger partial charge in [-0.3, -0.25) is 4.79 Å². The van der Waals surface area contributed by atoms with E-state index >= 15 is 0 Å². The number of nitrogens with one attached hydrogen (secondary N) is 1. The van der Waals surface area contributed by atoms with Crippen molar-refractivity contribution in [3.8, 4) is 0 Å². The van der Waals surface area contributed by atoms with Gasteiger partial charge in [0.2, 0.25) is 15.7 Å². The van der Waals surface area contributed by atoms with Crippen molar-refractivity contribution in [1.29, 1.82) is 0 Å². The monoisotopic (exact) mass is 369 g/mol. The lowest BCUT2D eigenvalue weighted by molar-refractivity contribution is -0.116. The quantitative estimate of drug-likeness (QED) is 0.811. The van der Waals surface area contributed by atoms with E-state index in [1.807, 2.05) is 0 Å². The van der Waals surface area contributed by atoms with E-state index in [-0.39, 0.29) is 11.6 Å². The Hall–Kier alpha value is -1.02. The van der Waals surface area contributed by atoms with Gasteiger partial charge in [-0.05, 0) is 18.1 Å². The number of amides is 1. The topological polar surface area (TPSA) is 63.2 Å². The molecular formula is C12H14BrF2NO3S. The molecule has 1 amide bonds. The van der Waals surface area contributed by atoms with Gasteiger partial charge < -0.3 is 5.32 Å². The van der Waals surface area contributed by atoms with Gasteiger partial charge in [-0.1, -0.05) is 41.9 Å². The number of hydrogen-bond donors (Lipinski definition) is 1. The van der Waals surface area contributed by atoms with Crippen LogP contribution in [0, 0.1) is 5.92 Å². The highest BCUT2D eigenvalue weighted by Gasteiger charge is 2.30. The van der Waals surface area contributed by atoms with Gasteiger partial charge in [0.15, 0.2) is 0 Å². The summed E-state index contributed by atoms with van der Waals surface area (Å²) in [6.45, 7) is 3.58. The number of halogens is 3. The number of anilines is 1. The van der Waals surface area contributed by atoms with E-state index in [1.165, 1.54) is 18.2 Å². The van der Waals surface area contributed by atoms with Gasteiger partial charge >= 0.3 is 5.76 Å². The van der Waals surface area contributed by atoms with Crippen LogP contribution in [-0.2, 0) is 14.6 Å². The molecule has 0 spiro atoms. The maximum atomic E-state index is 12.6. The highest BCUT2D eigenvalue weighted by molar-refractivity contribution is 9.10. The Morgan fingerprint density at radius 1 is 1.25 bits per heavy atom. The van der Waals surface area contributed by atoms with Crippen molar-refractivity contribution in [2.45, 2.75) is 29.3 Å². The molecule has 1 aromatic rings. The van der Waals surface area contributed by atoms with E-state index in [0.717, 1.165) is 6.07 Å². The normalized spacial score (nSPS) is 13.6. The van der Waals surface area contributed by atoms with Crippen LogP contribution >= 0.6 is 15.9 Å². The molecule has 0 saturated heterocycles. The average molecular weight is 370 g/mol. The summed E-state index contributed by atoms with van der Waals surface area (Å²) in [5, 5.41) is 2.35. The van der Waals surface area contributed by atoms with Crippen LogP contribution in [0.15, 0.2) is 29.2 Å². The van der Waals surface area contributed by atoms with Crippen LogP contribution in [-0.4, -0.2) is 24.9 Å². The van der Waals surface area contributed by atoms with Crippen LogP contribution in [0.2, 0.25) is 0 Å². The SMILES string of the molecule is CC(C)C(Br)C(=O)Nc1ccccc1S(=O)(=O)C(F)F. The largest absolute Gasteiger partial charge is 0.341 e. The second-order valence-corrected chi connectivity index (χ2v) is 7.31. The Balaban J connectivity index is 3.13. The maximum Gasteiger partial charge on any atom is 0.341 e. The third-order valence-electron chi connectivity index (χ3n) is 2.52. The lowest BCUT2D eigenvalue weighted by Crippen LogP contribution is -2.28. The second-order valence-electron chi connectivity index (χ2n) is 4.44. The van der Waals surface area contributed by atoms with Gasteiger partial charge in [0.1, 0.15) is 0 Å². The molecule has 112 valence electrons. The molecule has 1 aromatic carbocycles. The van der Waals surface area contributed by atoms with E-state index in [4.69, 9.17) is 0 Å². The van der Waals surface area contributed by atoms with Crippen molar-refractivity contribution in [3.05, 3.63) is 24.3 Å². The Morgan fingerprint density at radius 2 is 1.80 bits per heavy atom. The van der Waals surface area contributed by atoms with Crippen LogP contribution < -0.4 is 5.32 Å². The molecule has 0 heterocycles. The number of carbonyl (C=O) groups excluding carboxylic acids is 1. The minimum atomic E-state index is -4.76. The van der Waals surface area contributed by atoms with Gasteiger partial charge in [0.25, 0.3) is 0 Å². The first kappa shape index (κ1) is 17.0. The molecule has 0 bridgehead atoms. The minimum Gasteiger partial charge on any atom is -0.324 e. The lowest BCUT2D eigenvalue weighted by Gasteiger charge is -2.16. The molecule has 1 unspecified atom stereocenters. The fraction of sp³-hybridized carbons (Fsp3) is 0.417. The summed E-state index contributed by atoms with van der Waals surface area (Å²) in [7, 11) is -4.76. The summed E-state index contributed by atoms with van der Waals surface area (Å²) in [5.74, 6) is -4.06. The van der Waals surface area contributed by atoms with Gasteiger partial charge in [-0.2, -0.15) is 8.78 Å². The van der Waals surface area contributed by atoms with E-state index in [0.29, 0.717) is 0 Å². The predicted molar refractivity (Wildman–Crippen MR) is 75.8 cm³/mol. The fourth-order valence-corrected chi connectivity index (χ4v) is 2.42. The Morgan fingerprint density at radius 3 is 2.30 bits per heavy atom.